The van der Waals surface area contributed by atoms with E-state index in [-0.39, 0.29) is 5.78 Å². The minimum absolute atomic E-state index is 0.119. The summed E-state index contributed by atoms with van der Waals surface area (Å²) in [6, 6.07) is 18.5. The van der Waals surface area contributed by atoms with Gasteiger partial charge in [0.05, 0.1) is 26.9 Å². The quantitative estimate of drug-likeness (QED) is 0.226. The highest BCUT2D eigenvalue weighted by molar-refractivity contribution is 6.06. The summed E-state index contributed by atoms with van der Waals surface area (Å²) in [5.74, 6) is 1.42. The number of carbonyl (C=O) groups is 2. The van der Waals surface area contributed by atoms with Gasteiger partial charge in [0.15, 0.2) is 17.3 Å². The van der Waals surface area contributed by atoms with E-state index in [0.29, 0.717) is 34.1 Å². The van der Waals surface area contributed by atoms with Gasteiger partial charge in [-0.2, -0.15) is 0 Å². The Morgan fingerprint density at radius 3 is 1.90 bits per heavy atom. The van der Waals surface area contributed by atoms with Crippen LogP contribution in [0.3, 0.4) is 0 Å². The number of hydrogen-bond acceptors (Lipinski definition) is 6. The molecule has 0 atom stereocenters. The summed E-state index contributed by atoms with van der Waals surface area (Å²) < 4.78 is 20.9. The lowest BCUT2D eigenvalue weighted by atomic mass is 10.1. The highest BCUT2D eigenvalue weighted by Crippen LogP contribution is 2.28. The second kappa shape index (κ2) is 10.1. The summed E-state index contributed by atoms with van der Waals surface area (Å²) in [6.45, 7) is 0. The first-order valence-corrected chi connectivity index (χ1v) is 9.45. The van der Waals surface area contributed by atoms with Crippen molar-refractivity contribution >= 4 is 17.8 Å². The smallest absolute Gasteiger partial charge is 0.343 e. The summed E-state index contributed by atoms with van der Waals surface area (Å²) in [5, 5.41) is 0. The van der Waals surface area contributed by atoms with Gasteiger partial charge < -0.3 is 18.9 Å². The average molecular weight is 418 g/mol. The standard InChI is InChI=1S/C25H22O6/c1-28-20-12-7-18(8-13-20)22(26)14-6-17-4-10-21(11-5-17)31-25(27)19-9-15-23(29-2)24(16-19)30-3/h4-16H,1-3H3/b14-6+. The van der Waals surface area contributed by atoms with Gasteiger partial charge >= 0.3 is 5.97 Å². The van der Waals surface area contributed by atoms with Crippen molar-refractivity contribution in [2.45, 2.75) is 0 Å². The van der Waals surface area contributed by atoms with E-state index in [2.05, 4.69) is 0 Å². The number of esters is 1. The normalized spacial score (nSPS) is 10.5. The van der Waals surface area contributed by atoms with Crippen molar-refractivity contribution < 1.29 is 28.5 Å². The monoisotopic (exact) mass is 418 g/mol. The second-order valence-electron chi connectivity index (χ2n) is 6.45. The Kier molecular flexibility index (Phi) is 7.06. The first kappa shape index (κ1) is 21.6. The number of ketones is 1. The van der Waals surface area contributed by atoms with Crippen LogP contribution in [0.25, 0.3) is 6.08 Å². The minimum Gasteiger partial charge on any atom is -0.497 e. The van der Waals surface area contributed by atoms with Crippen molar-refractivity contribution in [1.29, 1.82) is 0 Å². The van der Waals surface area contributed by atoms with E-state index < -0.39 is 5.97 Å². The molecular weight excluding hydrogens is 396 g/mol. The molecule has 0 bridgehead atoms. The Morgan fingerprint density at radius 2 is 1.29 bits per heavy atom. The fraction of sp³-hybridized carbons (Fsp3) is 0.120. The number of allylic oxidation sites excluding steroid dienone is 1. The maximum Gasteiger partial charge on any atom is 0.343 e. The van der Waals surface area contributed by atoms with Crippen LogP contribution in [0.2, 0.25) is 0 Å². The maximum atomic E-state index is 12.4. The molecule has 3 aromatic carbocycles. The van der Waals surface area contributed by atoms with Crippen molar-refractivity contribution in [1.82, 2.24) is 0 Å². The van der Waals surface area contributed by atoms with Crippen LogP contribution in [0.5, 0.6) is 23.0 Å². The summed E-state index contributed by atoms with van der Waals surface area (Å²) in [5.41, 5.74) is 1.71. The highest BCUT2D eigenvalue weighted by atomic mass is 16.5. The third-order valence-corrected chi connectivity index (χ3v) is 4.51. The molecule has 0 aliphatic carbocycles. The zero-order valence-corrected chi connectivity index (χ0v) is 17.5. The fourth-order valence-corrected chi connectivity index (χ4v) is 2.80. The molecule has 6 nitrogen and oxygen atoms in total. The molecule has 0 amide bonds. The van der Waals surface area contributed by atoms with Crippen molar-refractivity contribution in [2.24, 2.45) is 0 Å². The molecule has 0 heterocycles. The van der Waals surface area contributed by atoms with E-state index in [1.807, 2.05) is 0 Å². The Labute approximate surface area is 180 Å². The maximum absolute atomic E-state index is 12.4. The Hall–Kier alpha value is -4.06. The van der Waals surface area contributed by atoms with Crippen molar-refractivity contribution in [3.05, 3.63) is 89.5 Å². The second-order valence-corrected chi connectivity index (χ2v) is 6.45. The van der Waals surface area contributed by atoms with Gasteiger partial charge in [0, 0.05) is 5.56 Å². The zero-order chi connectivity index (χ0) is 22.2. The van der Waals surface area contributed by atoms with Gasteiger partial charge in [-0.05, 0) is 66.2 Å². The van der Waals surface area contributed by atoms with Crippen LogP contribution in [0, 0.1) is 0 Å². The lowest BCUT2D eigenvalue weighted by Gasteiger charge is -2.09. The minimum atomic E-state index is -0.515. The molecule has 0 spiro atoms. The van der Waals surface area contributed by atoms with Gasteiger partial charge in [-0.3, -0.25) is 4.79 Å². The van der Waals surface area contributed by atoms with E-state index in [0.717, 1.165) is 5.56 Å². The molecule has 0 aromatic heterocycles. The number of ether oxygens (including phenoxy) is 4. The summed E-state index contributed by atoms with van der Waals surface area (Å²) in [7, 11) is 4.60. The Balaban J connectivity index is 1.63. The molecule has 0 saturated heterocycles. The third-order valence-electron chi connectivity index (χ3n) is 4.51. The van der Waals surface area contributed by atoms with E-state index >= 15 is 0 Å². The number of benzene rings is 3. The number of carbonyl (C=O) groups excluding carboxylic acids is 2. The van der Waals surface area contributed by atoms with Crippen LogP contribution in [0.1, 0.15) is 26.3 Å². The first-order chi connectivity index (χ1) is 15.0. The van der Waals surface area contributed by atoms with Gasteiger partial charge in [-0.1, -0.05) is 18.2 Å². The molecule has 3 rings (SSSR count). The molecule has 0 aliphatic rings. The van der Waals surface area contributed by atoms with Crippen LogP contribution < -0.4 is 18.9 Å². The fourth-order valence-electron chi connectivity index (χ4n) is 2.80. The largest absolute Gasteiger partial charge is 0.497 e. The summed E-state index contributed by atoms with van der Waals surface area (Å²) in [6.07, 6.45) is 3.19. The van der Waals surface area contributed by atoms with Crippen LogP contribution in [0.4, 0.5) is 0 Å². The van der Waals surface area contributed by atoms with Crippen molar-refractivity contribution in [3.63, 3.8) is 0 Å². The van der Waals surface area contributed by atoms with Gasteiger partial charge in [0.25, 0.3) is 0 Å². The number of methoxy groups -OCH3 is 3. The predicted molar refractivity (Wildman–Crippen MR) is 117 cm³/mol. The molecule has 0 fully saturated rings. The van der Waals surface area contributed by atoms with Crippen molar-refractivity contribution in [3.8, 4) is 23.0 Å². The Bertz CT molecular complexity index is 1080. The topological polar surface area (TPSA) is 71.1 Å². The number of rotatable bonds is 8. The lowest BCUT2D eigenvalue weighted by molar-refractivity contribution is 0.0734. The van der Waals surface area contributed by atoms with Crippen LogP contribution in [-0.4, -0.2) is 33.1 Å². The molecule has 3 aromatic rings. The highest BCUT2D eigenvalue weighted by Gasteiger charge is 2.13. The summed E-state index contributed by atoms with van der Waals surface area (Å²) in [4.78, 5) is 24.7. The van der Waals surface area contributed by atoms with Crippen LogP contribution >= 0.6 is 0 Å². The molecule has 0 N–H and O–H groups in total. The predicted octanol–water partition coefficient (Wildman–Crippen LogP) is 4.83. The van der Waals surface area contributed by atoms with Crippen LogP contribution in [0.15, 0.2) is 72.8 Å². The van der Waals surface area contributed by atoms with Gasteiger partial charge in [-0.15, -0.1) is 0 Å². The molecule has 158 valence electrons. The SMILES string of the molecule is COc1ccc(C(=O)/C=C/c2ccc(OC(=O)c3ccc(OC)c(OC)c3)cc2)cc1. The zero-order valence-electron chi connectivity index (χ0n) is 17.5. The molecule has 6 heteroatoms. The van der Waals surface area contributed by atoms with E-state index in [9.17, 15) is 9.59 Å². The van der Waals surface area contributed by atoms with E-state index in [4.69, 9.17) is 18.9 Å². The Morgan fingerprint density at radius 1 is 0.677 bits per heavy atom. The van der Waals surface area contributed by atoms with Gasteiger partial charge in [-0.25, -0.2) is 4.79 Å². The van der Waals surface area contributed by atoms with Crippen LogP contribution in [-0.2, 0) is 0 Å². The molecule has 31 heavy (non-hydrogen) atoms. The molecule has 0 radical (unpaired) electrons. The molecule has 0 unspecified atom stereocenters. The first-order valence-electron chi connectivity index (χ1n) is 9.45. The van der Waals surface area contributed by atoms with Gasteiger partial charge in [0.1, 0.15) is 11.5 Å². The molecular formula is C25H22O6. The van der Waals surface area contributed by atoms with Crippen molar-refractivity contribution in [2.75, 3.05) is 21.3 Å². The number of hydrogen-bond donors (Lipinski definition) is 0. The molecule has 0 aliphatic heterocycles. The molecule has 0 saturated carbocycles. The van der Waals surface area contributed by atoms with Gasteiger partial charge in [0.2, 0.25) is 0 Å². The third kappa shape index (κ3) is 5.51. The van der Waals surface area contributed by atoms with E-state index in [1.165, 1.54) is 20.3 Å². The average Bonchev–Trinajstić information content (AvgIpc) is 2.82. The lowest BCUT2D eigenvalue weighted by Crippen LogP contribution is -2.08. The van der Waals surface area contributed by atoms with E-state index in [1.54, 1.807) is 79.9 Å². The summed E-state index contributed by atoms with van der Waals surface area (Å²) >= 11 is 0.